The maximum Gasteiger partial charge on any atom is 0.128 e. The summed E-state index contributed by atoms with van der Waals surface area (Å²) >= 11 is 30.1. The van der Waals surface area contributed by atoms with E-state index >= 15 is 0 Å². The molecule has 0 aromatic heterocycles. The van der Waals surface area contributed by atoms with Gasteiger partial charge in [0.1, 0.15) is 5.75 Å². The molecule has 100 valence electrons. The fraction of sp³-hybridized carbons (Fsp3) is 0.0769. The maximum atomic E-state index is 6.18. The zero-order valence-corrected chi connectivity index (χ0v) is 13.4. The van der Waals surface area contributed by atoms with Crippen molar-refractivity contribution in [2.45, 2.75) is 0 Å². The van der Waals surface area contributed by atoms with Gasteiger partial charge in [0.25, 0.3) is 0 Å². The quantitative estimate of drug-likeness (QED) is 0.549. The van der Waals surface area contributed by atoms with Crippen LogP contribution in [-0.2, 0) is 0 Å². The number of rotatable bonds is 2. The van der Waals surface area contributed by atoms with E-state index in [1.165, 1.54) is 7.11 Å². The van der Waals surface area contributed by atoms with E-state index in [1.807, 2.05) is 0 Å². The van der Waals surface area contributed by atoms with Gasteiger partial charge in [0.2, 0.25) is 0 Å². The molecular weight excluding hydrogens is 349 g/mol. The minimum atomic E-state index is 0.384. The number of methoxy groups -OCH3 is 1. The summed E-state index contributed by atoms with van der Waals surface area (Å²) in [7, 11) is 1.54. The Bertz CT molecular complexity index is 639. The second-order valence-corrected chi connectivity index (χ2v) is 5.75. The lowest BCUT2D eigenvalue weighted by Crippen LogP contribution is -1.90. The van der Waals surface area contributed by atoms with Gasteiger partial charge in [-0.15, -0.1) is 0 Å². The Morgan fingerprint density at radius 3 is 1.68 bits per heavy atom. The molecule has 0 fully saturated rings. The van der Waals surface area contributed by atoms with Crippen molar-refractivity contribution in [1.82, 2.24) is 0 Å². The van der Waals surface area contributed by atoms with Gasteiger partial charge in [-0.3, -0.25) is 0 Å². The third-order valence-electron chi connectivity index (χ3n) is 2.54. The first-order valence-electron chi connectivity index (χ1n) is 5.12. The fourth-order valence-electron chi connectivity index (χ4n) is 1.64. The minimum Gasteiger partial charge on any atom is -0.496 e. The Balaban J connectivity index is 2.71. The predicted molar refractivity (Wildman–Crippen MR) is 83.5 cm³/mol. The van der Waals surface area contributed by atoms with E-state index in [0.717, 1.165) is 0 Å². The Hall–Kier alpha value is -0.310. The van der Waals surface area contributed by atoms with Crippen molar-refractivity contribution in [3.05, 3.63) is 49.4 Å². The molecule has 6 heteroatoms. The molecule has 0 bridgehead atoms. The van der Waals surface area contributed by atoms with Gasteiger partial charge in [-0.05, 0) is 18.2 Å². The first kappa shape index (κ1) is 15.1. The van der Waals surface area contributed by atoms with Crippen LogP contribution in [0.4, 0.5) is 0 Å². The van der Waals surface area contributed by atoms with E-state index in [4.69, 9.17) is 62.7 Å². The highest BCUT2D eigenvalue weighted by molar-refractivity contribution is 6.44. The molecule has 0 aliphatic heterocycles. The van der Waals surface area contributed by atoms with Crippen molar-refractivity contribution >= 4 is 58.0 Å². The molecule has 0 spiro atoms. The monoisotopic (exact) mass is 354 g/mol. The van der Waals surface area contributed by atoms with E-state index in [-0.39, 0.29) is 0 Å². The summed E-state index contributed by atoms with van der Waals surface area (Å²) in [6, 6.07) is 6.53. The van der Waals surface area contributed by atoms with Crippen LogP contribution in [0.25, 0.3) is 11.1 Å². The summed E-state index contributed by atoms with van der Waals surface area (Å²) < 4.78 is 5.28. The lowest BCUT2D eigenvalue weighted by Gasteiger charge is -2.12. The van der Waals surface area contributed by atoms with Crippen LogP contribution in [-0.4, -0.2) is 7.11 Å². The Labute approximate surface area is 135 Å². The SMILES string of the molecule is COc1cc(Cl)c(Cl)cc1-c1cc(Cl)c(Cl)cc1Cl. The van der Waals surface area contributed by atoms with Gasteiger partial charge in [0, 0.05) is 17.2 Å². The van der Waals surface area contributed by atoms with Crippen LogP contribution >= 0.6 is 58.0 Å². The first-order valence-corrected chi connectivity index (χ1v) is 7.01. The highest BCUT2D eigenvalue weighted by Crippen LogP contribution is 2.42. The zero-order chi connectivity index (χ0) is 14.2. The van der Waals surface area contributed by atoms with Crippen LogP contribution in [0.3, 0.4) is 0 Å². The van der Waals surface area contributed by atoms with Crippen LogP contribution in [0.2, 0.25) is 25.1 Å². The van der Waals surface area contributed by atoms with E-state index in [0.29, 0.717) is 42.0 Å². The molecule has 2 aromatic rings. The normalized spacial score (nSPS) is 10.6. The lowest BCUT2D eigenvalue weighted by molar-refractivity contribution is 0.416. The molecule has 0 amide bonds. The molecule has 0 atom stereocenters. The maximum absolute atomic E-state index is 6.18. The molecule has 0 aliphatic rings. The van der Waals surface area contributed by atoms with Gasteiger partial charge in [0.15, 0.2) is 0 Å². The highest BCUT2D eigenvalue weighted by Gasteiger charge is 2.15. The van der Waals surface area contributed by atoms with Gasteiger partial charge in [-0.1, -0.05) is 58.0 Å². The van der Waals surface area contributed by atoms with E-state index in [9.17, 15) is 0 Å². The number of benzene rings is 2. The van der Waals surface area contributed by atoms with Crippen LogP contribution in [0.15, 0.2) is 24.3 Å². The van der Waals surface area contributed by atoms with Crippen molar-refractivity contribution in [1.29, 1.82) is 0 Å². The van der Waals surface area contributed by atoms with Gasteiger partial charge in [-0.2, -0.15) is 0 Å². The van der Waals surface area contributed by atoms with Crippen molar-refractivity contribution in [2.75, 3.05) is 7.11 Å². The summed E-state index contributed by atoms with van der Waals surface area (Å²) in [5, 5.41) is 2.03. The number of halogens is 5. The smallest absolute Gasteiger partial charge is 0.128 e. The zero-order valence-electron chi connectivity index (χ0n) is 9.61. The molecule has 0 saturated heterocycles. The Morgan fingerprint density at radius 1 is 0.632 bits per heavy atom. The van der Waals surface area contributed by atoms with E-state index in [1.54, 1.807) is 24.3 Å². The predicted octanol–water partition coefficient (Wildman–Crippen LogP) is 6.63. The Morgan fingerprint density at radius 2 is 1.11 bits per heavy atom. The second kappa shape index (κ2) is 5.99. The summed E-state index contributed by atoms with van der Waals surface area (Å²) in [4.78, 5) is 0. The minimum absolute atomic E-state index is 0.384. The van der Waals surface area contributed by atoms with Gasteiger partial charge < -0.3 is 4.74 Å². The van der Waals surface area contributed by atoms with Gasteiger partial charge in [0.05, 0.1) is 32.2 Å². The van der Waals surface area contributed by atoms with Crippen LogP contribution in [0, 0.1) is 0 Å². The van der Waals surface area contributed by atoms with Crippen molar-refractivity contribution in [2.24, 2.45) is 0 Å². The highest BCUT2D eigenvalue weighted by atomic mass is 35.5. The number of hydrogen-bond donors (Lipinski definition) is 0. The molecule has 0 radical (unpaired) electrons. The summed E-state index contributed by atoms with van der Waals surface area (Å²) in [5.74, 6) is 0.551. The molecular formula is C13H7Cl5O. The third kappa shape index (κ3) is 3.07. The van der Waals surface area contributed by atoms with Crippen molar-refractivity contribution in [3.8, 4) is 16.9 Å². The topological polar surface area (TPSA) is 9.23 Å². The largest absolute Gasteiger partial charge is 0.496 e. The van der Waals surface area contributed by atoms with Crippen molar-refractivity contribution < 1.29 is 4.74 Å². The molecule has 1 nitrogen and oxygen atoms in total. The molecule has 0 N–H and O–H groups in total. The van der Waals surface area contributed by atoms with E-state index in [2.05, 4.69) is 0 Å². The molecule has 0 heterocycles. The van der Waals surface area contributed by atoms with Crippen LogP contribution < -0.4 is 4.74 Å². The summed E-state index contributed by atoms with van der Waals surface area (Å²) in [6.45, 7) is 0. The second-order valence-electron chi connectivity index (χ2n) is 3.71. The molecule has 2 aromatic carbocycles. The summed E-state index contributed by atoms with van der Waals surface area (Å²) in [6.07, 6.45) is 0. The molecule has 0 aliphatic carbocycles. The lowest BCUT2D eigenvalue weighted by atomic mass is 10.0. The molecule has 2 rings (SSSR count). The summed E-state index contributed by atoms with van der Waals surface area (Å²) in [5.41, 5.74) is 1.37. The number of ether oxygens (including phenoxy) is 1. The Kier molecular flexibility index (Phi) is 4.75. The fourth-order valence-corrected chi connectivity index (χ4v) is 2.60. The van der Waals surface area contributed by atoms with Gasteiger partial charge >= 0.3 is 0 Å². The number of hydrogen-bond acceptors (Lipinski definition) is 1. The van der Waals surface area contributed by atoms with Crippen LogP contribution in [0.1, 0.15) is 0 Å². The average Bonchev–Trinajstić information content (AvgIpc) is 2.36. The first-order chi connectivity index (χ1) is 8.93. The van der Waals surface area contributed by atoms with E-state index < -0.39 is 0 Å². The third-order valence-corrected chi connectivity index (χ3v) is 4.30. The average molecular weight is 356 g/mol. The van der Waals surface area contributed by atoms with Crippen molar-refractivity contribution in [3.63, 3.8) is 0 Å². The van der Waals surface area contributed by atoms with Gasteiger partial charge in [-0.25, -0.2) is 0 Å². The molecule has 0 saturated carbocycles. The van der Waals surface area contributed by atoms with Crippen LogP contribution in [0.5, 0.6) is 5.75 Å². The standard InChI is InChI=1S/C13H7Cl5O/c1-19-13-5-12(18)10(16)3-7(13)6-2-9(15)11(17)4-8(6)14/h2-5H,1H3. The molecule has 19 heavy (non-hydrogen) atoms. The molecule has 0 unspecified atom stereocenters.